The maximum absolute atomic E-state index is 12.3. The maximum Gasteiger partial charge on any atom is 0.341 e. The van der Waals surface area contributed by atoms with Gasteiger partial charge in [-0.2, -0.15) is 0 Å². The molecule has 2 heterocycles. The summed E-state index contributed by atoms with van der Waals surface area (Å²) in [6.07, 6.45) is 0. The number of nitrogens with zero attached hydrogens (tertiary/aromatic N) is 1. The van der Waals surface area contributed by atoms with E-state index in [1.54, 1.807) is 20.8 Å². The zero-order chi connectivity index (χ0) is 23.8. The summed E-state index contributed by atoms with van der Waals surface area (Å²) in [7, 11) is 1.47. The molecule has 0 aliphatic rings. The number of thioether (sulfide) groups is 1. The number of ether oxygens (including phenoxy) is 2. The number of rotatable bonds is 10. The molecule has 0 atom stereocenters. The van der Waals surface area contributed by atoms with Gasteiger partial charge >= 0.3 is 11.9 Å². The fourth-order valence-corrected chi connectivity index (χ4v) is 4.80. The standard InChI is InChI=1S/C20H25N3O7S2/c1-6-28-20(27)16-10(2)17(18(26)21-5)32-19(16)22-14(24)7-29-15(25)9-31-8-13-11(3)23-30-12(13)4/h6-9H2,1-5H3,(H,21,26)(H,22,24). The van der Waals surface area contributed by atoms with Gasteiger partial charge in [-0.1, -0.05) is 5.16 Å². The Kier molecular flexibility index (Phi) is 9.27. The summed E-state index contributed by atoms with van der Waals surface area (Å²) in [5.41, 5.74) is 2.19. The molecule has 12 heteroatoms. The highest BCUT2D eigenvalue weighted by molar-refractivity contribution is 7.99. The van der Waals surface area contributed by atoms with Crippen molar-refractivity contribution in [2.24, 2.45) is 0 Å². The van der Waals surface area contributed by atoms with Crippen LogP contribution in [0.4, 0.5) is 5.00 Å². The molecule has 2 N–H and O–H groups in total. The number of amides is 2. The highest BCUT2D eigenvalue weighted by Gasteiger charge is 2.26. The molecule has 0 aliphatic carbocycles. The number of carbonyl (C=O) groups is 4. The quantitative estimate of drug-likeness (QED) is 0.489. The van der Waals surface area contributed by atoms with Crippen LogP contribution in [0.15, 0.2) is 4.52 Å². The van der Waals surface area contributed by atoms with Crippen molar-refractivity contribution in [3.05, 3.63) is 33.0 Å². The molecule has 32 heavy (non-hydrogen) atoms. The van der Waals surface area contributed by atoms with E-state index >= 15 is 0 Å². The lowest BCUT2D eigenvalue weighted by atomic mass is 10.1. The van der Waals surface area contributed by atoms with Crippen molar-refractivity contribution in [1.29, 1.82) is 0 Å². The second kappa shape index (κ2) is 11.7. The second-order valence-corrected chi connectivity index (χ2v) is 8.57. The van der Waals surface area contributed by atoms with Gasteiger partial charge in [0.1, 0.15) is 10.8 Å². The fourth-order valence-electron chi connectivity index (χ4n) is 2.68. The Morgan fingerprint density at radius 2 is 1.88 bits per heavy atom. The molecule has 0 radical (unpaired) electrons. The molecule has 174 valence electrons. The van der Waals surface area contributed by atoms with E-state index in [0.29, 0.717) is 17.1 Å². The van der Waals surface area contributed by atoms with Crippen LogP contribution in [-0.2, 0) is 24.8 Å². The average molecular weight is 484 g/mol. The number of anilines is 1. The molecule has 2 amide bonds. The largest absolute Gasteiger partial charge is 0.462 e. The van der Waals surface area contributed by atoms with E-state index < -0.39 is 24.5 Å². The number of aromatic nitrogens is 1. The minimum Gasteiger partial charge on any atom is -0.462 e. The van der Waals surface area contributed by atoms with E-state index in [9.17, 15) is 19.2 Å². The summed E-state index contributed by atoms with van der Waals surface area (Å²) in [6.45, 7) is 6.48. The van der Waals surface area contributed by atoms with Crippen molar-refractivity contribution in [3.63, 3.8) is 0 Å². The van der Waals surface area contributed by atoms with Crippen LogP contribution in [-0.4, -0.2) is 54.9 Å². The Bertz CT molecular complexity index is 994. The molecule has 0 saturated carbocycles. The normalized spacial score (nSPS) is 10.5. The first-order chi connectivity index (χ1) is 15.2. The van der Waals surface area contributed by atoms with E-state index in [2.05, 4.69) is 15.8 Å². The number of hydrogen-bond acceptors (Lipinski definition) is 10. The molecule has 2 aromatic heterocycles. The Labute approximate surface area is 193 Å². The van der Waals surface area contributed by atoms with Gasteiger partial charge in [0.15, 0.2) is 6.61 Å². The zero-order valence-electron chi connectivity index (χ0n) is 18.4. The molecule has 2 aromatic rings. The van der Waals surface area contributed by atoms with Gasteiger partial charge in [0.25, 0.3) is 11.8 Å². The Hall–Kier alpha value is -2.86. The number of hydrogen-bond donors (Lipinski definition) is 2. The third-order valence-corrected chi connectivity index (χ3v) is 6.46. The second-order valence-electron chi connectivity index (χ2n) is 6.56. The predicted octanol–water partition coefficient (Wildman–Crippen LogP) is 2.61. The number of aryl methyl sites for hydroxylation is 2. The van der Waals surface area contributed by atoms with E-state index in [1.807, 2.05) is 6.92 Å². The highest BCUT2D eigenvalue weighted by atomic mass is 32.2. The molecule has 0 aromatic carbocycles. The SMILES string of the molecule is CCOC(=O)c1c(NC(=O)COC(=O)CSCc2c(C)noc2C)sc(C(=O)NC)c1C. The predicted molar refractivity (Wildman–Crippen MR) is 120 cm³/mol. The number of carbonyl (C=O) groups excluding carboxylic acids is 4. The van der Waals surface area contributed by atoms with Crippen molar-refractivity contribution < 1.29 is 33.2 Å². The Balaban J connectivity index is 1.94. The minimum atomic E-state index is -0.653. The third-order valence-electron chi connectivity index (χ3n) is 4.32. The van der Waals surface area contributed by atoms with Crippen LogP contribution in [0, 0.1) is 20.8 Å². The summed E-state index contributed by atoms with van der Waals surface area (Å²) in [6, 6.07) is 0. The molecule has 0 aliphatic heterocycles. The topological polar surface area (TPSA) is 137 Å². The first kappa shape index (κ1) is 25.4. The van der Waals surface area contributed by atoms with Crippen molar-refractivity contribution >= 4 is 51.9 Å². The summed E-state index contributed by atoms with van der Waals surface area (Å²) < 4.78 is 15.1. The molecular formula is C20H25N3O7S2. The zero-order valence-corrected chi connectivity index (χ0v) is 20.1. The lowest BCUT2D eigenvalue weighted by Gasteiger charge is -2.08. The lowest BCUT2D eigenvalue weighted by molar-refractivity contribution is -0.144. The highest BCUT2D eigenvalue weighted by Crippen LogP contribution is 2.33. The van der Waals surface area contributed by atoms with Crippen molar-refractivity contribution in [2.75, 3.05) is 31.3 Å². The molecule has 0 unspecified atom stereocenters. The number of esters is 2. The van der Waals surface area contributed by atoms with E-state index in [0.717, 1.165) is 22.6 Å². The Morgan fingerprint density at radius 3 is 2.47 bits per heavy atom. The smallest absolute Gasteiger partial charge is 0.341 e. The summed E-state index contributed by atoms with van der Waals surface area (Å²) in [5.74, 6) is -0.964. The molecule has 10 nitrogen and oxygen atoms in total. The first-order valence-corrected chi connectivity index (χ1v) is 11.6. The van der Waals surface area contributed by atoms with Gasteiger partial charge < -0.3 is 24.6 Å². The summed E-state index contributed by atoms with van der Waals surface area (Å²) in [4.78, 5) is 48.9. The molecule has 2 rings (SSSR count). The van der Waals surface area contributed by atoms with Crippen molar-refractivity contribution in [3.8, 4) is 0 Å². The van der Waals surface area contributed by atoms with Crippen molar-refractivity contribution in [1.82, 2.24) is 10.5 Å². The van der Waals surface area contributed by atoms with Gasteiger partial charge in [0.05, 0.1) is 28.5 Å². The fraction of sp³-hybridized carbons (Fsp3) is 0.450. The number of nitrogens with one attached hydrogen (secondary N) is 2. The van der Waals surface area contributed by atoms with E-state index in [1.165, 1.54) is 18.8 Å². The van der Waals surface area contributed by atoms with Gasteiger partial charge in [0.2, 0.25) is 0 Å². The van der Waals surface area contributed by atoms with Crippen LogP contribution < -0.4 is 10.6 Å². The van der Waals surface area contributed by atoms with Crippen LogP contribution in [0.1, 0.15) is 49.5 Å². The average Bonchev–Trinajstić information content (AvgIpc) is 3.25. The van der Waals surface area contributed by atoms with E-state index in [4.69, 9.17) is 14.0 Å². The van der Waals surface area contributed by atoms with Gasteiger partial charge in [0, 0.05) is 18.4 Å². The lowest BCUT2D eigenvalue weighted by Crippen LogP contribution is -2.22. The summed E-state index contributed by atoms with van der Waals surface area (Å²) >= 11 is 2.26. The van der Waals surface area contributed by atoms with Crippen LogP contribution >= 0.6 is 23.1 Å². The Morgan fingerprint density at radius 1 is 1.16 bits per heavy atom. The van der Waals surface area contributed by atoms with Crippen LogP contribution in [0.2, 0.25) is 0 Å². The third kappa shape index (κ3) is 6.33. The molecule has 0 bridgehead atoms. The van der Waals surface area contributed by atoms with E-state index in [-0.39, 0.29) is 33.7 Å². The van der Waals surface area contributed by atoms with Gasteiger partial charge in [-0.05, 0) is 33.3 Å². The van der Waals surface area contributed by atoms with Gasteiger partial charge in [-0.3, -0.25) is 14.4 Å². The van der Waals surface area contributed by atoms with Crippen LogP contribution in [0.3, 0.4) is 0 Å². The monoisotopic (exact) mass is 483 g/mol. The summed E-state index contributed by atoms with van der Waals surface area (Å²) in [5, 5.41) is 9.04. The van der Waals surface area contributed by atoms with Crippen LogP contribution in [0.5, 0.6) is 0 Å². The number of thiophene rings is 1. The minimum absolute atomic E-state index is 0.0460. The van der Waals surface area contributed by atoms with Crippen molar-refractivity contribution in [2.45, 2.75) is 33.4 Å². The molecule has 0 fully saturated rings. The molecule has 0 saturated heterocycles. The maximum atomic E-state index is 12.3. The molecule has 0 spiro atoms. The van der Waals surface area contributed by atoms with Crippen LogP contribution in [0.25, 0.3) is 0 Å². The van der Waals surface area contributed by atoms with Gasteiger partial charge in [-0.15, -0.1) is 23.1 Å². The first-order valence-electron chi connectivity index (χ1n) is 9.67. The molecular weight excluding hydrogens is 458 g/mol. The van der Waals surface area contributed by atoms with Gasteiger partial charge in [-0.25, -0.2) is 4.79 Å².